The second-order valence-corrected chi connectivity index (χ2v) is 4.02. The summed E-state index contributed by atoms with van der Waals surface area (Å²) in [6.07, 6.45) is 0. The Morgan fingerprint density at radius 3 is 2.00 bits per heavy atom. The van der Waals surface area contributed by atoms with Crippen molar-refractivity contribution in [2.45, 2.75) is 26.3 Å². The lowest BCUT2D eigenvalue weighted by atomic mass is 10.1. The molecule has 0 N–H and O–H groups in total. The van der Waals surface area contributed by atoms with Crippen LogP contribution in [0, 0.1) is 0 Å². The molecular formula is C7H14INO. The van der Waals surface area contributed by atoms with Gasteiger partial charge in [0, 0.05) is 12.6 Å². The van der Waals surface area contributed by atoms with Gasteiger partial charge in [0.1, 0.15) is 0 Å². The summed E-state index contributed by atoms with van der Waals surface area (Å²) in [6.45, 7) is 6.07. The monoisotopic (exact) mass is 255 g/mol. The molecule has 0 rings (SSSR count). The van der Waals surface area contributed by atoms with Crippen LogP contribution in [0.3, 0.4) is 0 Å². The summed E-state index contributed by atoms with van der Waals surface area (Å²) in [4.78, 5) is 12.8. The lowest BCUT2D eigenvalue weighted by molar-refractivity contribution is -0.130. The molecule has 0 saturated carbocycles. The molecule has 2 nitrogen and oxygen atoms in total. The van der Waals surface area contributed by atoms with E-state index in [-0.39, 0.29) is 11.4 Å². The zero-order valence-electron chi connectivity index (χ0n) is 6.94. The van der Waals surface area contributed by atoms with Crippen LogP contribution in [-0.4, -0.2) is 27.8 Å². The summed E-state index contributed by atoms with van der Waals surface area (Å²) in [5, 5.41) is 0. The van der Waals surface area contributed by atoms with Crippen LogP contribution in [0.5, 0.6) is 0 Å². The molecule has 0 saturated heterocycles. The Morgan fingerprint density at radius 2 is 1.90 bits per heavy atom. The first-order chi connectivity index (χ1) is 4.39. The van der Waals surface area contributed by atoms with Crippen LogP contribution in [0.25, 0.3) is 0 Å². The molecule has 0 spiro atoms. The fourth-order valence-electron chi connectivity index (χ4n) is 0.464. The quantitative estimate of drug-likeness (QED) is 0.515. The van der Waals surface area contributed by atoms with Gasteiger partial charge in [-0.2, -0.15) is 0 Å². The average Bonchev–Trinajstić information content (AvgIpc) is 1.83. The smallest absolute Gasteiger partial charge is 0.232 e. The largest absolute Gasteiger partial charge is 0.340 e. The molecule has 0 radical (unpaired) electrons. The van der Waals surface area contributed by atoms with Crippen LogP contribution in [0.2, 0.25) is 0 Å². The summed E-state index contributed by atoms with van der Waals surface area (Å²) >= 11 is 2.08. The van der Waals surface area contributed by atoms with Crippen LogP contribution < -0.4 is 0 Å². The number of carbonyl (C=O) groups excluding carboxylic acids is 1. The zero-order chi connectivity index (χ0) is 8.36. The Bertz CT molecular complexity index is 128. The van der Waals surface area contributed by atoms with Gasteiger partial charge in [-0.05, 0) is 20.8 Å². The second-order valence-electron chi connectivity index (χ2n) is 3.26. The first-order valence-electron chi connectivity index (χ1n) is 3.22. The van der Waals surface area contributed by atoms with E-state index in [9.17, 15) is 4.79 Å². The van der Waals surface area contributed by atoms with Crippen molar-refractivity contribution in [3.63, 3.8) is 0 Å². The van der Waals surface area contributed by atoms with E-state index in [0.717, 1.165) is 0 Å². The molecule has 0 atom stereocenters. The fraction of sp³-hybridized carbons (Fsp3) is 0.857. The van der Waals surface area contributed by atoms with Crippen molar-refractivity contribution >= 4 is 28.5 Å². The predicted octanol–water partition coefficient (Wildman–Crippen LogP) is 1.68. The molecule has 0 fully saturated rings. The highest BCUT2D eigenvalue weighted by molar-refractivity contribution is 14.1. The molecule has 1 amide bonds. The maximum Gasteiger partial charge on any atom is 0.232 e. The Kier molecular flexibility index (Phi) is 3.62. The molecular weight excluding hydrogens is 241 g/mol. The van der Waals surface area contributed by atoms with E-state index in [1.165, 1.54) is 0 Å². The lowest BCUT2D eigenvalue weighted by Crippen LogP contribution is -2.43. The van der Waals surface area contributed by atoms with Crippen LogP contribution in [0.15, 0.2) is 0 Å². The van der Waals surface area contributed by atoms with Gasteiger partial charge in [-0.15, -0.1) is 0 Å². The second kappa shape index (κ2) is 3.55. The molecule has 0 aromatic heterocycles. The van der Waals surface area contributed by atoms with E-state index in [0.29, 0.717) is 4.43 Å². The van der Waals surface area contributed by atoms with E-state index in [1.54, 1.807) is 4.90 Å². The molecule has 0 aromatic carbocycles. The molecule has 0 unspecified atom stereocenters. The highest BCUT2D eigenvalue weighted by atomic mass is 127. The molecule has 0 aliphatic rings. The van der Waals surface area contributed by atoms with Gasteiger partial charge in [-0.1, -0.05) is 22.6 Å². The summed E-state index contributed by atoms with van der Waals surface area (Å²) in [5.74, 6) is 0.188. The first-order valence-corrected chi connectivity index (χ1v) is 4.74. The third kappa shape index (κ3) is 2.86. The molecule has 0 bridgehead atoms. The Morgan fingerprint density at radius 1 is 1.50 bits per heavy atom. The van der Waals surface area contributed by atoms with Crippen LogP contribution in [0.1, 0.15) is 20.8 Å². The van der Waals surface area contributed by atoms with E-state index in [4.69, 9.17) is 0 Å². The van der Waals surface area contributed by atoms with E-state index < -0.39 is 0 Å². The third-order valence-electron chi connectivity index (χ3n) is 1.49. The van der Waals surface area contributed by atoms with Gasteiger partial charge < -0.3 is 4.90 Å². The van der Waals surface area contributed by atoms with Crippen molar-refractivity contribution in [1.82, 2.24) is 4.90 Å². The maximum atomic E-state index is 11.1. The molecule has 10 heavy (non-hydrogen) atoms. The summed E-state index contributed by atoms with van der Waals surface area (Å²) < 4.78 is 0.561. The number of nitrogens with zero attached hydrogens (tertiary/aromatic N) is 1. The number of carbonyl (C=O) groups is 1. The standard InChI is InChI=1S/C7H14INO/c1-7(2,3)9(4)6(10)5-8/h5H2,1-4H3. The number of amides is 1. The van der Waals surface area contributed by atoms with Gasteiger partial charge in [0.25, 0.3) is 0 Å². The molecule has 0 aliphatic carbocycles. The number of rotatable bonds is 1. The summed E-state index contributed by atoms with van der Waals surface area (Å²) in [6, 6.07) is 0. The van der Waals surface area contributed by atoms with E-state index in [1.807, 2.05) is 27.8 Å². The average molecular weight is 255 g/mol. The minimum atomic E-state index is -0.0394. The molecule has 60 valence electrons. The third-order valence-corrected chi connectivity index (χ3v) is 2.15. The Hall–Kier alpha value is 0.200. The minimum absolute atomic E-state index is 0.0394. The maximum absolute atomic E-state index is 11.1. The first kappa shape index (κ1) is 10.2. The predicted molar refractivity (Wildman–Crippen MR) is 51.4 cm³/mol. The van der Waals surface area contributed by atoms with Gasteiger partial charge in [0.2, 0.25) is 5.91 Å². The molecule has 0 heterocycles. The molecule has 0 aromatic rings. The van der Waals surface area contributed by atoms with Crippen LogP contribution >= 0.6 is 22.6 Å². The SMILES string of the molecule is CN(C(=O)CI)C(C)(C)C. The van der Waals surface area contributed by atoms with Gasteiger partial charge in [-0.25, -0.2) is 0 Å². The Labute approximate surface area is 76.1 Å². The Balaban J connectivity index is 4.08. The number of hydrogen-bond donors (Lipinski definition) is 0. The van der Waals surface area contributed by atoms with Crippen molar-refractivity contribution in [3.05, 3.63) is 0 Å². The van der Waals surface area contributed by atoms with E-state index in [2.05, 4.69) is 22.6 Å². The summed E-state index contributed by atoms with van der Waals surface area (Å²) in [7, 11) is 1.83. The van der Waals surface area contributed by atoms with Gasteiger partial charge >= 0.3 is 0 Å². The number of hydrogen-bond acceptors (Lipinski definition) is 1. The van der Waals surface area contributed by atoms with Gasteiger partial charge in [-0.3, -0.25) is 4.79 Å². The van der Waals surface area contributed by atoms with Crippen molar-refractivity contribution in [2.24, 2.45) is 0 Å². The lowest BCUT2D eigenvalue weighted by Gasteiger charge is -2.31. The zero-order valence-corrected chi connectivity index (χ0v) is 9.10. The summed E-state index contributed by atoms with van der Waals surface area (Å²) in [5.41, 5.74) is -0.0394. The van der Waals surface area contributed by atoms with Gasteiger partial charge in [0.15, 0.2) is 0 Å². The van der Waals surface area contributed by atoms with Crippen LogP contribution in [-0.2, 0) is 4.79 Å². The number of alkyl halides is 1. The van der Waals surface area contributed by atoms with Crippen molar-refractivity contribution in [1.29, 1.82) is 0 Å². The van der Waals surface area contributed by atoms with Crippen molar-refractivity contribution in [3.8, 4) is 0 Å². The fourth-order valence-corrected chi connectivity index (χ4v) is 0.975. The van der Waals surface area contributed by atoms with Crippen molar-refractivity contribution in [2.75, 3.05) is 11.5 Å². The minimum Gasteiger partial charge on any atom is -0.340 e. The van der Waals surface area contributed by atoms with Gasteiger partial charge in [0.05, 0.1) is 4.43 Å². The normalized spacial score (nSPS) is 11.3. The molecule has 0 aliphatic heterocycles. The molecule has 3 heteroatoms. The van der Waals surface area contributed by atoms with E-state index >= 15 is 0 Å². The van der Waals surface area contributed by atoms with Crippen molar-refractivity contribution < 1.29 is 4.79 Å². The highest BCUT2D eigenvalue weighted by Gasteiger charge is 2.20. The van der Waals surface area contributed by atoms with Crippen LogP contribution in [0.4, 0.5) is 0 Å². The highest BCUT2D eigenvalue weighted by Crippen LogP contribution is 2.10. The number of halogens is 1. The topological polar surface area (TPSA) is 20.3 Å².